The second-order valence-corrected chi connectivity index (χ2v) is 9.97. The predicted octanol–water partition coefficient (Wildman–Crippen LogP) is 6.42. The van der Waals surface area contributed by atoms with E-state index in [1.54, 1.807) is 0 Å². The number of pyridine rings is 1. The van der Waals surface area contributed by atoms with E-state index in [-0.39, 0.29) is 6.61 Å². The van der Waals surface area contributed by atoms with Crippen LogP contribution in [0.5, 0.6) is 0 Å². The lowest BCUT2D eigenvalue weighted by Gasteiger charge is -2.34. The number of benzene rings is 1. The van der Waals surface area contributed by atoms with Gasteiger partial charge in [0.25, 0.3) is 0 Å². The van der Waals surface area contributed by atoms with Gasteiger partial charge in [0.15, 0.2) is 0 Å². The Morgan fingerprint density at radius 2 is 1.79 bits per heavy atom. The van der Waals surface area contributed by atoms with Crippen molar-refractivity contribution < 1.29 is 5.11 Å². The largest absolute Gasteiger partial charge is 0.396 e. The molecule has 0 radical (unpaired) electrons. The van der Waals surface area contributed by atoms with E-state index >= 15 is 0 Å². The fraction of sp³-hybridized carbons (Fsp3) is 0.409. The van der Waals surface area contributed by atoms with Gasteiger partial charge in [-0.05, 0) is 94.7 Å². The summed E-state index contributed by atoms with van der Waals surface area (Å²) in [5.41, 5.74) is 5.42. The summed E-state index contributed by atoms with van der Waals surface area (Å²) in [6.07, 6.45) is 5.31. The van der Waals surface area contributed by atoms with Crippen LogP contribution in [0.15, 0.2) is 33.3 Å². The second-order valence-electron chi connectivity index (χ2n) is 7.82. The number of aryl methyl sites for hydroxylation is 2. The maximum Gasteiger partial charge on any atom is 0.147 e. The van der Waals surface area contributed by atoms with Crippen LogP contribution < -0.4 is 4.90 Å². The van der Waals surface area contributed by atoms with Gasteiger partial charge in [-0.25, -0.2) is 4.98 Å². The molecule has 1 aliphatic rings. The fourth-order valence-electron chi connectivity index (χ4n) is 4.34. The molecule has 1 aliphatic heterocycles. The Morgan fingerprint density at radius 1 is 1.14 bits per heavy atom. The van der Waals surface area contributed by atoms with Gasteiger partial charge >= 0.3 is 0 Å². The highest BCUT2D eigenvalue weighted by atomic mass is 79.9. The molecule has 2 aromatic heterocycles. The van der Waals surface area contributed by atoms with Crippen LogP contribution in [0.4, 0.5) is 5.69 Å². The van der Waals surface area contributed by atoms with Gasteiger partial charge in [-0.15, -0.1) is 0 Å². The third-order valence-corrected chi connectivity index (χ3v) is 7.20. The van der Waals surface area contributed by atoms with Crippen LogP contribution in [0.3, 0.4) is 0 Å². The van der Waals surface area contributed by atoms with Gasteiger partial charge in [0.2, 0.25) is 0 Å². The molecule has 0 bridgehead atoms. The van der Waals surface area contributed by atoms with Crippen LogP contribution in [-0.4, -0.2) is 34.4 Å². The molecule has 29 heavy (non-hydrogen) atoms. The number of hydrogen-bond acceptors (Lipinski definition) is 3. The molecular weight excluding hydrogens is 518 g/mol. The zero-order valence-electron chi connectivity index (χ0n) is 16.6. The van der Waals surface area contributed by atoms with E-state index in [2.05, 4.69) is 67.4 Å². The van der Waals surface area contributed by atoms with Gasteiger partial charge < -0.3 is 10.0 Å². The normalized spacial score (nSPS) is 15.4. The summed E-state index contributed by atoms with van der Waals surface area (Å²) < 4.78 is 3.98. The average molecular weight is 542 g/mol. The standard InChI is InChI=1S/C22H24Br2ClN3O/c1-13-12-28(21-17(23)10-16(25)11-18(21)24)22-20(13)19(9-14(2)26-22)27-6-3-15(4-7-27)5-8-29/h9-12,15,29H,3-8H2,1-2H3. The van der Waals surface area contributed by atoms with Crippen molar-refractivity contribution in [2.45, 2.75) is 33.1 Å². The molecule has 0 spiro atoms. The zero-order chi connectivity index (χ0) is 20.7. The lowest BCUT2D eigenvalue weighted by atomic mass is 9.93. The number of aliphatic hydroxyl groups is 1. The van der Waals surface area contributed by atoms with Crippen molar-refractivity contribution in [1.29, 1.82) is 0 Å². The molecule has 154 valence electrons. The number of halogens is 3. The number of aliphatic hydroxyl groups excluding tert-OH is 1. The van der Waals surface area contributed by atoms with Gasteiger partial charge in [0, 0.05) is 56.6 Å². The smallest absolute Gasteiger partial charge is 0.147 e. The van der Waals surface area contributed by atoms with Crippen LogP contribution in [0, 0.1) is 19.8 Å². The molecule has 4 nitrogen and oxygen atoms in total. The van der Waals surface area contributed by atoms with Crippen molar-refractivity contribution in [3.63, 3.8) is 0 Å². The molecule has 1 fully saturated rings. The summed E-state index contributed by atoms with van der Waals surface area (Å²) in [5.74, 6) is 0.626. The first-order chi connectivity index (χ1) is 13.9. The molecule has 3 heterocycles. The second kappa shape index (κ2) is 8.58. The summed E-state index contributed by atoms with van der Waals surface area (Å²) in [6, 6.07) is 6.02. The molecular formula is C22H24Br2ClN3O. The first kappa shape index (κ1) is 21.2. The number of aromatic nitrogens is 2. The van der Waals surface area contributed by atoms with Crippen molar-refractivity contribution in [2.24, 2.45) is 5.92 Å². The number of fused-ring (bicyclic) bond motifs is 1. The van der Waals surface area contributed by atoms with Crippen LogP contribution in [0.2, 0.25) is 5.02 Å². The molecule has 0 atom stereocenters. The van der Waals surface area contributed by atoms with Gasteiger partial charge in [-0.2, -0.15) is 0 Å². The molecule has 0 aliphatic carbocycles. The average Bonchev–Trinajstić information content (AvgIpc) is 2.97. The number of anilines is 1. The molecule has 1 saturated heterocycles. The predicted molar refractivity (Wildman–Crippen MR) is 128 cm³/mol. The molecule has 4 rings (SSSR count). The van der Waals surface area contributed by atoms with Gasteiger partial charge in [0.05, 0.1) is 5.69 Å². The molecule has 0 saturated carbocycles. The van der Waals surface area contributed by atoms with Crippen molar-refractivity contribution in [2.75, 3.05) is 24.6 Å². The van der Waals surface area contributed by atoms with Crippen LogP contribution in [0.1, 0.15) is 30.5 Å². The Bertz CT molecular complexity index is 1030. The molecule has 3 aromatic rings. The lowest BCUT2D eigenvalue weighted by molar-refractivity contribution is 0.240. The van der Waals surface area contributed by atoms with Gasteiger partial charge in [0.1, 0.15) is 5.65 Å². The first-order valence-corrected chi connectivity index (χ1v) is 11.9. The van der Waals surface area contributed by atoms with Crippen molar-refractivity contribution in [1.82, 2.24) is 9.55 Å². The molecule has 1 aromatic carbocycles. The molecule has 0 amide bonds. The highest BCUT2D eigenvalue weighted by molar-refractivity contribution is 9.11. The minimum absolute atomic E-state index is 0.288. The highest BCUT2D eigenvalue weighted by Gasteiger charge is 2.24. The Hall–Kier alpha value is -1.08. The Labute approximate surface area is 193 Å². The van der Waals surface area contributed by atoms with Crippen LogP contribution in [0.25, 0.3) is 16.7 Å². The van der Waals surface area contributed by atoms with E-state index in [9.17, 15) is 5.11 Å². The van der Waals surface area contributed by atoms with E-state index in [4.69, 9.17) is 16.6 Å². The van der Waals surface area contributed by atoms with Gasteiger partial charge in [-0.3, -0.25) is 4.57 Å². The summed E-state index contributed by atoms with van der Waals surface area (Å²) in [6.45, 7) is 6.52. The van der Waals surface area contributed by atoms with E-state index in [0.29, 0.717) is 10.9 Å². The van der Waals surface area contributed by atoms with Crippen LogP contribution in [-0.2, 0) is 0 Å². The van der Waals surface area contributed by atoms with Crippen LogP contribution >= 0.6 is 43.5 Å². The van der Waals surface area contributed by atoms with E-state index < -0.39 is 0 Å². The third kappa shape index (κ3) is 4.09. The highest BCUT2D eigenvalue weighted by Crippen LogP contribution is 2.39. The summed E-state index contributed by atoms with van der Waals surface area (Å²) >= 11 is 13.6. The van der Waals surface area contributed by atoms with E-state index in [1.165, 1.54) is 16.6 Å². The van der Waals surface area contributed by atoms with E-state index in [1.807, 2.05) is 12.1 Å². The van der Waals surface area contributed by atoms with Crippen molar-refractivity contribution in [3.8, 4) is 5.69 Å². The van der Waals surface area contributed by atoms with Crippen molar-refractivity contribution >= 4 is 60.2 Å². The maximum absolute atomic E-state index is 9.25. The zero-order valence-corrected chi connectivity index (χ0v) is 20.5. The number of piperidine rings is 1. The SMILES string of the molecule is Cc1cc(N2CCC(CCO)CC2)c2c(C)cn(-c3c(Br)cc(Cl)cc3Br)c2n1. The molecule has 0 unspecified atom stereocenters. The lowest BCUT2D eigenvalue weighted by Crippen LogP contribution is -2.34. The molecule has 1 N–H and O–H groups in total. The van der Waals surface area contributed by atoms with Gasteiger partial charge in [-0.1, -0.05) is 11.6 Å². The minimum atomic E-state index is 0.288. The summed E-state index contributed by atoms with van der Waals surface area (Å²) in [4.78, 5) is 7.39. The fourth-order valence-corrected chi connectivity index (χ4v) is 6.39. The number of nitrogens with zero attached hydrogens (tertiary/aromatic N) is 3. The number of rotatable bonds is 4. The topological polar surface area (TPSA) is 41.3 Å². The Balaban J connectivity index is 1.82. The quantitative estimate of drug-likeness (QED) is 0.415. The Kier molecular flexibility index (Phi) is 6.26. The van der Waals surface area contributed by atoms with Crippen molar-refractivity contribution in [3.05, 3.63) is 49.6 Å². The van der Waals surface area contributed by atoms with E-state index in [0.717, 1.165) is 58.3 Å². The first-order valence-electron chi connectivity index (χ1n) is 9.89. The summed E-state index contributed by atoms with van der Waals surface area (Å²) in [7, 11) is 0. The Morgan fingerprint density at radius 3 is 2.41 bits per heavy atom. The maximum atomic E-state index is 9.25. The monoisotopic (exact) mass is 539 g/mol. The molecule has 7 heteroatoms. The summed E-state index contributed by atoms with van der Waals surface area (Å²) in [5, 5.41) is 11.1. The third-order valence-electron chi connectivity index (χ3n) is 5.77. The number of hydrogen-bond donors (Lipinski definition) is 1. The minimum Gasteiger partial charge on any atom is -0.396 e.